The van der Waals surface area contributed by atoms with E-state index >= 15 is 0 Å². The molecule has 1 fully saturated rings. The second-order valence-electron chi connectivity index (χ2n) is 4.43. The molecule has 1 aliphatic heterocycles. The van der Waals surface area contributed by atoms with Crippen molar-refractivity contribution in [3.63, 3.8) is 0 Å². The lowest BCUT2D eigenvalue weighted by Crippen LogP contribution is -2.50. The fraction of sp³-hybridized carbons (Fsp3) is 0.750. The summed E-state index contributed by atoms with van der Waals surface area (Å²) in [5.41, 5.74) is 0. The average Bonchev–Trinajstić information content (AvgIpc) is 2.47. The Kier molecular flexibility index (Phi) is 6.96. The molecule has 1 amide bonds. The molecule has 0 aromatic rings. The first-order valence-electron chi connectivity index (χ1n) is 6.41. The Balaban J connectivity index is 2.57. The van der Waals surface area contributed by atoms with Gasteiger partial charge in [-0.3, -0.25) is 19.3 Å². The minimum atomic E-state index is -0.567. The molecule has 0 saturated carbocycles. The summed E-state index contributed by atoms with van der Waals surface area (Å²) < 4.78 is 9.06. The molecule has 0 aromatic carbocycles. The number of hydrogen-bond acceptors (Lipinski definition) is 7. The highest BCUT2D eigenvalue weighted by atomic mass is 16.5. The lowest BCUT2D eigenvalue weighted by Gasteiger charge is -2.29. The number of hydrogen-bond donors (Lipinski definition) is 1. The highest BCUT2D eigenvalue weighted by Crippen LogP contribution is 1.98. The number of amides is 1. The van der Waals surface area contributed by atoms with Gasteiger partial charge in [-0.15, -0.1) is 0 Å². The third kappa shape index (κ3) is 5.54. The topological polar surface area (TPSA) is 88.2 Å². The van der Waals surface area contributed by atoms with Crippen LogP contribution in [0.3, 0.4) is 0 Å². The molecule has 20 heavy (non-hydrogen) atoms. The van der Waals surface area contributed by atoms with Gasteiger partial charge in [0.25, 0.3) is 0 Å². The predicted molar refractivity (Wildman–Crippen MR) is 69.9 cm³/mol. The number of carbonyl (C=O) groups excluding carboxylic acids is 3. The minimum absolute atomic E-state index is 0.176. The lowest BCUT2D eigenvalue weighted by molar-refractivity contribution is -0.152. The number of esters is 2. The van der Waals surface area contributed by atoms with Crippen LogP contribution in [0.5, 0.6) is 0 Å². The highest BCUT2D eigenvalue weighted by Gasteiger charge is 2.23. The first-order valence-corrected chi connectivity index (χ1v) is 6.41. The largest absolute Gasteiger partial charge is 0.468 e. The zero-order valence-corrected chi connectivity index (χ0v) is 11.9. The van der Waals surface area contributed by atoms with E-state index in [2.05, 4.69) is 14.8 Å². The molecule has 1 N–H and O–H groups in total. The molecule has 1 heterocycles. The van der Waals surface area contributed by atoms with Crippen LogP contribution in [0.1, 0.15) is 0 Å². The van der Waals surface area contributed by atoms with Gasteiger partial charge in [0.2, 0.25) is 5.91 Å². The number of ether oxygens (including phenoxy) is 2. The van der Waals surface area contributed by atoms with Crippen molar-refractivity contribution in [3.05, 3.63) is 0 Å². The molecule has 0 atom stereocenters. The van der Waals surface area contributed by atoms with E-state index in [4.69, 9.17) is 0 Å². The highest BCUT2D eigenvalue weighted by molar-refractivity contribution is 5.87. The standard InChI is InChI=1S/C12H21N3O5/c1-19-11(17)8-15(9-12(18)20-2)10(16)7-14-5-3-13-4-6-14/h13H,3-9H2,1-2H3. The summed E-state index contributed by atoms with van der Waals surface area (Å²) in [5.74, 6) is -1.42. The maximum Gasteiger partial charge on any atom is 0.325 e. The first-order chi connectivity index (χ1) is 9.56. The molecule has 1 saturated heterocycles. The van der Waals surface area contributed by atoms with E-state index in [0.717, 1.165) is 31.1 Å². The van der Waals surface area contributed by atoms with Crippen molar-refractivity contribution in [3.8, 4) is 0 Å². The number of piperazine rings is 1. The molecular weight excluding hydrogens is 266 g/mol. The van der Waals surface area contributed by atoms with Gasteiger partial charge >= 0.3 is 11.9 Å². The Morgan fingerprint density at radius 1 is 1.05 bits per heavy atom. The van der Waals surface area contributed by atoms with Crippen LogP contribution < -0.4 is 5.32 Å². The lowest BCUT2D eigenvalue weighted by atomic mass is 10.3. The molecule has 8 heteroatoms. The maximum absolute atomic E-state index is 12.2. The summed E-state index contributed by atoms with van der Waals surface area (Å²) >= 11 is 0. The maximum atomic E-state index is 12.2. The van der Waals surface area contributed by atoms with Crippen molar-refractivity contribution in [1.29, 1.82) is 0 Å². The van der Waals surface area contributed by atoms with Crippen LogP contribution >= 0.6 is 0 Å². The molecular formula is C12H21N3O5. The second kappa shape index (κ2) is 8.49. The van der Waals surface area contributed by atoms with Crippen LogP contribution in [-0.2, 0) is 23.9 Å². The zero-order chi connectivity index (χ0) is 15.0. The monoisotopic (exact) mass is 287 g/mol. The zero-order valence-electron chi connectivity index (χ0n) is 11.9. The molecule has 0 aliphatic carbocycles. The Labute approximate surface area is 118 Å². The minimum Gasteiger partial charge on any atom is -0.468 e. The molecule has 1 aliphatic rings. The van der Waals surface area contributed by atoms with Crippen molar-refractivity contribution in [2.75, 3.05) is 60.0 Å². The molecule has 0 aromatic heterocycles. The Morgan fingerprint density at radius 2 is 1.55 bits per heavy atom. The van der Waals surface area contributed by atoms with Gasteiger partial charge in [-0.1, -0.05) is 0 Å². The van der Waals surface area contributed by atoms with Gasteiger partial charge in [0.05, 0.1) is 20.8 Å². The van der Waals surface area contributed by atoms with Crippen molar-refractivity contribution < 1.29 is 23.9 Å². The van der Waals surface area contributed by atoms with Crippen LogP contribution in [0.4, 0.5) is 0 Å². The van der Waals surface area contributed by atoms with Crippen molar-refractivity contribution in [1.82, 2.24) is 15.1 Å². The van der Waals surface area contributed by atoms with Crippen molar-refractivity contribution >= 4 is 17.8 Å². The normalized spacial score (nSPS) is 15.5. The van der Waals surface area contributed by atoms with Crippen LogP contribution in [0, 0.1) is 0 Å². The summed E-state index contributed by atoms with van der Waals surface area (Å²) in [6.45, 7) is 2.83. The molecule has 0 bridgehead atoms. The van der Waals surface area contributed by atoms with E-state index in [1.54, 1.807) is 0 Å². The van der Waals surface area contributed by atoms with Gasteiger partial charge in [-0.25, -0.2) is 0 Å². The van der Waals surface area contributed by atoms with E-state index in [9.17, 15) is 14.4 Å². The molecule has 8 nitrogen and oxygen atoms in total. The molecule has 0 spiro atoms. The van der Waals surface area contributed by atoms with Gasteiger partial charge in [-0.05, 0) is 0 Å². The van der Waals surface area contributed by atoms with Gasteiger partial charge in [-0.2, -0.15) is 0 Å². The fourth-order valence-electron chi connectivity index (χ4n) is 1.83. The van der Waals surface area contributed by atoms with Crippen LogP contribution in [0.15, 0.2) is 0 Å². The Bertz CT molecular complexity index is 337. The SMILES string of the molecule is COC(=O)CN(CC(=O)OC)C(=O)CN1CCNCC1. The van der Waals surface area contributed by atoms with E-state index in [0.29, 0.717) is 0 Å². The first kappa shape index (κ1) is 16.4. The van der Waals surface area contributed by atoms with Crippen LogP contribution in [0.25, 0.3) is 0 Å². The molecule has 0 radical (unpaired) electrons. The number of nitrogens with one attached hydrogen (secondary N) is 1. The van der Waals surface area contributed by atoms with Crippen LogP contribution in [0.2, 0.25) is 0 Å². The summed E-state index contributed by atoms with van der Waals surface area (Å²) in [6.07, 6.45) is 0. The van der Waals surface area contributed by atoms with Crippen molar-refractivity contribution in [2.45, 2.75) is 0 Å². The molecule has 1 rings (SSSR count). The number of methoxy groups -OCH3 is 2. The van der Waals surface area contributed by atoms with Crippen molar-refractivity contribution in [2.24, 2.45) is 0 Å². The van der Waals surface area contributed by atoms with Gasteiger partial charge in [0.15, 0.2) is 0 Å². The fourth-order valence-corrected chi connectivity index (χ4v) is 1.83. The summed E-state index contributed by atoms with van der Waals surface area (Å²) in [4.78, 5) is 37.9. The van der Waals surface area contributed by atoms with E-state index in [-0.39, 0.29) is 25.5 Å². The Hall–Kier alpha value is -1.67. The van der Waals surface area contributed by atoms with E-state index in [1.165, 1.54) is 14.2 Å². The van der Waals surface area contributed by atoms with E-state index < -0.39 is 11.9 Å². The van der Waals surface area contributed by atoms with Gasteiger partial charge in [0, 0.05) is 26.2 Å². The van der Waals surface area contributed by atoms with Gasteiger partial charge < -0.3 is 19.7 Å². The van der Waals surface area contributed by atoms with E-state index in [1.807, 2.05) is 4.90 Å². The number of nitrogens with zero attached hydrogens (tertiary/aromatic N) is 2. The second-order valence-corrected chi connectivity index (χ2v) is 4.43. The van der Waals surface area contributed by atoms with Crippen LogP contribution in [-0.4, -0.2) is 87.7 Å². The summed E-state index contributed by atoms with van der Waals surface area (Å²) in [7, 11) is 2.47. The molecule has 0 unspecified atom stereocenters. The smallest absolute Gasteiger partial charge is 0.325 e. The Morgan fingerprint density at radius 3 is 2.00 bits per heavy atom. The summed E-state index contributed by atoms with van der Waals surface area (Å²) in [6, 6.07) is 0. The average molecular weight is 287 g/mol. The quantitative estimate of drug-likeness (QED) is 0.569. The third-order valence-corrected chi connectivity index (χ3v) is 3.02. The third-order valence-electron chi connectivity index (χ3n) is 3.02. The van der Waals surface area contributed by atoms with Gasteiger partial charge in [0.1, 0.15) is 13.1 Å². The summed E-state index contributed by atoms with van der Waals surface area (Å²) in [5, 5.41) is 3.19. The predicted octanol–water partition coefficient (Wildman–Crippen LogP) is -1.93. The number of carbonyl (C=O) groups is 3. The number of rotatable bonds is 6. The molecule has 114 valence electrons.